The molecule has 1 rings (SSSR count). The molecule has 0 aliphatic rings. The molecule has 0 saturated heterocycles. The first kappa shape index (κ1) is 11.3. The van der Waals surface area contributed by atoms with Crippen LogP contribution in [0.3, 0.4) is 0 Å². The minimum atomic E-state index is -2.60. The molecule has 0 aliphatic carbocycles. The van der Waals surface area contributed by atoms with Gasteiger partial charge in [-0.05, 0) is 44.6 Å². The van der Waals surface area contributed by atoms with Crippen molar-refractivity contribution >= 4 is 38.5 Å². The number of pyridine rings is 1. The molecule has 0 radical (unpaired) electrons. The first-order valence-electron chi connectivity index (χ1n) is 3.30. The van der Waals surface area contributed by atoms with Gasteiger partial charge in [-0.25, -0.2) is 13.8 Å². The molecule has 0 aromatic carbocycles. The van der Waals surface area contributed by atoms with E-state index >= 15 is 0 Å². The highest BCUT2D eigenvalue weighted by Gasteiger charge is 2.18. The monoisotopic (exact) mass is 363 g/mol. The third-order valence-corrected chi connectivity index (χ3v) is 2.72. The molecule has 1 heterocycles. The molecule has 0 fully saturated rings. The fourth-order valence-electron chi connectivity index (χ4n) is 0.892. The highest BCUT2D eigenvalue weighted by Crippen LogP contribution is 2.28. The van der Waals surface area contributed by atoms with E-state index in [1.165, 1.54) is 6.07 Å². The van der Waals surface area contributed by atoms with Crippen LogP contribution in [0.15, 0.2) is 10.7 Å². The van der Waals surface area contributed by atoms with Crippen LogP contribution in [-0.2, 0) is 6.61 Å². The quantitative estimate of drug-likeness (QED) is 0.647. The zero-order valence-corrected chi connectivity index (χ0v) is 10.0. The Balaban J connectivity index is 3.30. The Bertz CT molecular complexity index is 322. The molecule has 2 nitrogen and oxygen atoms in total. The summed E-state index contributed by atoms with van der Waals surface area (Å²) in [5, 5.41) is 8.80. The summed E-state index contributed by atoms with van der Waals surface area (Å²) < 4.78 is 25.7. The van der Waals surface area contributed by atoms with Gasteiger partial charge in [0, 0.05) is 3.57 Å². The van der Waals surface area contributed by atoms with Crippen molar-refractivity contribution in [2.45, 2.75) is 13.0 Å². The van der Waals surface area contributed by atoms with Gasteiger partial charge in [-0.15, -0.1) is 0 Å². The molecule has 1 N–H and O–H groups in total. The van der Waals surface area contributed by atoms with Crippen molar-refractivity contribution in [3.8, 4) is 0 Å². The van der Waals surface area contributed by atoms with E-state index in [-0.39, 0.29) is 11.3 Å². The molecule has 0 atom stereocenters. The minimum Gasteiger partial charge on any atom is -0.390 e. The average molecular weight is 364 g/mol. The zero-order chi connectivity index (χ0) is 10.0. The van der Waals surface area contributed by atoms with Gasteiger partial charge in [0.15, 0.2) is 0 Å². The summed E-state index contributed by atoms with van der Waals surface area (Å²) in [5.74, 6) is 0. The maximum Gasteiger partial charge on any atom is 0.266 e. The number of alkyl halides is 2. The standard InChI is InChI=1S/C7H5BrF2INO/c8-5-1-3(11)6(7(9)10)4(2-13)12-5/h1,7,13H,2H2. The van der Waals surface area contributed by atoms with Gasteiger partial charge in [-0.3, -0.25) is 0 Å². The first-order chi connectivity index (χ1) is 6.06. The number of aliphatic hydroxyl groups is 1. The third-order valence-electron chi connectivity index (χ3n) is 1.42. The molecule has 0 spiro atoms. The Kier molecular flexibility index (Phi) is 3.99. The van der Waals surface area contributed by atoms with Gasteiger partial charge >= 0.3 is 0 Å². The Labute approximate surface area is 95.6 Å². The Morgan fingerprint density at radius 1 is 1.62 bits per heavy atom. The zero-order valence-electron chi connectivity index (χ0n) is 6.27. The molecule has 13 heavy (non-hydrogen) atoms. The summed E-state index contributed by atoms with van der Waals surface area (Å²) in [5.41, 5.74) is -0.167. The highest BCUT2D eigenvalue weighted by molar-refractivity contribution is 14.1. The summed E-state index contributed by atoms with van der Waals surface area (Å²) in [7, 11) is 0. The lowest BCUT2D eigenvalue weighted by Gasteiger charge is -2.08. The van der Waals surface area contributed by atoms with Gasteiger partial charge in [0.1, 0.15) is 4.60 Å². The van der Waals surface area contributed by atoms with Gasteiger partial charge in [0.2, 0.25) is 0 Å². The molecule has 1 aromatic heterocycles. The third kappa shape index (κ3) is 2.57. The van der Waals surface area contributed by atoms with Crippen molar-refractivity contribution in [3.05, 3.63) is 25.5 Å². The van der Waals surface area contributed by atoms with Gasteiger partial charge in [0.05, 0.1) is 17.9 Å². The van der Waals surface area contributed by atoms with E-state index in [9.17, 15) is 8.78 Å². The van der Waals surface area contributed by atoms with E-state index in [2.05, 4.69) is 20.9 Å². The van der Waals surface area contributed by atoms with Crippen molar-refractivity contribution in [1.29, 1.82) is 0 Å². The van der Waals surface area contributed by atoms with Gasteiger partial charge in [0.25, 0.3) is 6.43 Å². The van der Waals surface area contributed by atoms with Crippen LogP contribution in [-0.4, -0.2) is 10.1 Å². The molecular formula is C7H5BrF2INO. The number of aromatic nitrogens is 1. The minimum absolute atomic E-state index is 0.0220. The summed E-state index contributed by atoms with van der Waals surface area (Å²) >= 11 is 4.85. The summed E-state index contributed by atoms with van der Waals surface area (Å²) in [6.07, 6.45) is -2.60. The fourth-order valence-corrected chi connectivity index (χ4v) is 2.60. The van der Waals surface area contributed by atoms with Crippen LogP contribution < -0.4 is 0 Å². The van der Waals surface area contributed by atoms with E-state index in [1.54, 1.807) is 22.6 Å². The Morgan fingerprint density at radius 3 is 2.69 bits per heavy atom. The molecule has 0 amide bonds. The smallest absolute Gasteiger partial charge is 0.266 e. The molecule has 0 bridgehead atoms. The number of rotatable bonds is 2. The summed E-state index contributed by atoms with van der Waals surface area (Å²) in [4.78, 5) is 3.76. The predicted molar refractivity (Wildman–Crippen MR) is 55.5 cm³/mol. The maximum absolute atomic E-state index is 12.4. The Morgan fingerprint density at radius 2 is 2.23 bits per heavy atom. The average Bonchev–Trinajstić information content (AvgIpc) is 2.01. The van der Waals surface area contributed by atoms with E-state index in [1.807, 2.05) is 0 Å². The van der Waals surface area contributed by atoms with Crippen molar-refractivity contribution in [2.75, 3.05) is 0 Å². The first-order valence-corrected chi connectivity index (χ1v) is 5.17. The van der Waals surface area contributed by atoms with Crippen LogP contribution in [0, 0.1) is 3.57 Å². The van der Waals surface area contributed by atoms with E-state index in [0.29, 0.717) is 8.17 Å². The lowest BCUT2D eigenvalue weighted by molar-refractivity contribution is 0.145. The van der Waals surface area contributed by atoms with E-state index in [4.69, 9.17) is 5.11 Å². The van der Waals surface area contributed by atoms with Crippen LogP contribution in [0.2, 0.25) is 0 Å². The van der Waals surface area contributed by atoms with Crippen LogP contribution in [0.25, 0.3) is 0 Å². The topological polar surface area (TPSA) is 33.1 Å². The van der Waals surface area contributed by atoms with E-state index < -0.39 is 13.0 Å². The molecule has 0 aliphatic heterocycles. The molecule has 0 unspecified atom stereocenters. The molecular weight excluding hydrogens is 359 g/mol. The number of hydrogen-bond acceptors (Lipinski definition) is 2. The SMILES string of the molecule is OCc1nc(Br)cc(I)c1C(F)F. The second kappa shape index (κ2) is 4.61. The van der Waals surface area contributed by atoms with Crippen molar-refractivity contribution in [3.63, 3.8) is 0 Å². The fraction of sp³-hybridized carbons (Fsp3) is 0.286. The predicted octanol–water partition coefficient (Wildman–Crippen LogP) is 2.88. The van der Waals surface area contributed by atoms with Crippen molar-refractivity contribution in [2.24, 2.45) is 0 Å². The number of nitrogens with zero attached hydrogens (tertiary/aromatic N) is 1. The number of hydrogen-bond donors (Lipinski definition) is 1. The molecule has 72 valence electrons. The number of aliphatic hydroxyl groups excluding tert-OH is 1. The summed E-state index contributed by atoms with van der Waals surface area (Å²) in [6, 6.07) is 1.49. The van der Waals surface area contributed by atoms with Crippen molar-refractivity contribution in [1.82, 2.24) is 4.98 Å². The lowest BCUT2D eigenvalue weighted by atomic mass is 10.2. The van der Waals surface area contributed by atoms with Crippen LogP contribution in [0.1, 0.15) is 17.7 Å². The lowest BCUT2D eigenvalue weighted by Crippen LogP contribution is -2.01. The maximum atomic E-state index is 12.4. The summed E-state index contributed by atoms with van der Waals surface area (Å²) in [6.45, 7) is -0.477. The molecule has 0 saturated carbocycles. The number of halogens is 4. The second-order valence-electron chi connectivity index (χ2n) is 2.25. The highest BCUT2D eigenvalue weighted by atomic mass is 127. The molecule has 1 aromatic rings. The van der Waals surface area contributed by atoms with Crippen molar-refractivity contribution < 1.29 is 13.9 Å². The van der Waals surface area contributed by atoms with Crippen LogP contribution in [0.4, 0.5) is 8.78 Å². The largest absolute Gasteiger partial charge is 0.390 e. The van der Waals surface area contributed by atoms with Gasteiger partial charge < -0.3 is 5.11 Å². The van der Waals surface area contributed by atoms with Gasteiger partial charge in [-0.2, -0.15) is 0 Å². The molecule has 6 heteroatoms. The van der Waals surface area contributed by atoms with Crippen LogP contribution >= 0.6 is 38.5 Å². The second-order valence-corrected chi connectivity index (χ2v) is 4.22. The Hall–Kier alpha value is 0.180. The van der Waals surface area contributed by atoms with Gasteiger partial charge in [-0.1, -0.05) is 0 Å². The van der Waals surface area contributed by atoms with E-state index in [0.717, 1.165) is 0 Å². The van der Waals surface area contributed by atoms with Crippen LogP contribution in [0.5, 0.6) is 0 Å². The normalized spacial score (nSPS) is 10.9.